The van der Waals surface area contributed by atoms with Crippen molar-refractivity contribution in [1.29, 1.82) is 0 Å². The summed E-state index contributed by atoms with van der Waals surface area (Å²) in [7, 11) is 1.74. The van der Waals surface area contributed by atoms with Gasteiger partial charge in [-0.2, -0.15) is 20.1 Å². The lowest BCUT2D eigenvalue weighted by Gasteiger charge is -2.11. The molecule has 3 rings (SSSR count). The fraction of sp³-hybridized carbons (Fsp3) is 0.500. The highest BCUT2D eigenvalue weighted by molar-refractivity contribution is 5.37. The highest BCUT2D eigenvalue weighted by atomic mass is 16.3. The second-order valence-electron chi connectivity index (χ2n) is 4.77. The van der Waals surface area contributed by atoms with Gasteiger partial charge in [-0.15, -0.1) is 0 Å². The molecule has 3 N–H and O–H groups in total. The molecule has 1 fully saturated rings. The molecule has 8 nitrogen and oxygen atoms in total. The zero-order valence-corrected chi connectivity index (χ0v) is 11.2. The first-order chi connectivity index (χ1) is 9.76. The van der Waals surface area contributed by atoms with Crippen molar-refractivity contribution in [1.82, 2.24) is 24.7 Å². The zero-order valence-electron chi connectivity index (χ0n) is 11.2. The lowest BCUT2D eigenvalue weighted by Crippen LogP contribution is -2.23. The number of nitrogens with one attached hydrogen (secondary N) is 2. The number of aliphatic hydroxyl groups excluding tert-OH is 1. The second-order valence-corrected chi connectivity index (χ2v) is 4.77. The van der Waals surface area contributed by atoms with Crippen molar-refractivity contribution < 1.29 is 5.11 Å². The molecule has 0 saturated heterocycles. The van der Waals surface area contributed by atoms with Crippen LogP contribution in [0.15, 0.2) is 18.5 Å². The van der Waals surface area contributed by atoms with Crippen LogP contribution in [0.1, 0.15) is 12.8 Å². The van der Waals surface area contributed by atoms with Crippen molar-refractivity contribution in [3.8, 4) is 5.95 Å². The Kier molecular flexibility index (Phi) is 3.46. The van der Waals surface area contributed by atoms with Gasteiger partial charge >= 0.3 is 0 Å². The summed E-state index contributed by atoms with van der Waals surface area (Å²) in [4.78, 5) is 12.7. The van der Waals surface area contributed by atoms with E-state index in [0.717, 1.165) is 12.8 Å². The highest BCUT2D eigenvalue weighted by Gasteiger charge is 2.29. The number of hydrogen-bond donors (Lipinski definition) is 3. The molecule has 1 saturated carbocycles. The number of aliphatic hydroxyl groups is 1. The molecule has 0 spiro atoms. The van der Waals surface area contributed by atoms with Crippen LogP contribution in [0.3, 0.4) is 0 Å². The SMILES string of the molecule is CNc1nc(NCC(O)C2CC2)nc(-n2cccn2)n1. The van der Waals surface area contributed by atoms with Gasteiger partial charge in [0.2, 0.25) is 11.9 Å². The molecule has 20 heavy (non-hydrogen) atoms. The summed E-state index contributed by atoms with van der Waals surface area (Å²) in [5.41, 5.74) is 0. The van der Waals surface area contributed by atoms with Crippen LogP contribution in [0.4, 0.5) is 11.9 Å². The van der Waals surface area contributed by atoms with Gasteiger partial charge in [0.25, 0.3) is 5.95 Å². The molecule has 106 valence electrons. The fourth-order valence-electron chi connectivity index (χ4n) is 1.89. The Bertz CT molecular complexity index is 567. The van der Waals surface area contributed by atoms with E-state index in [1.807, 2.05) is 0 Å². The monoisotopic (exact) mass is 275 g/mol. The van der Waals surface area contributed by atoms with E-state index in [4.69, 9.17) is 0 Å². The van der Waals surface area contributed by atoms with Crippen LogP contribution in [-0.4, -0.2) is 49.5 Å². The number of rotatable bonds is 6. The summed E-state index contributed by atoms with van der Waals surface area (Å²) in [6, 6.07) is 1.80. The lowest BCUT2D eigenvalue weighted by atomic mass is 10.2. The number of aromatic nitrogens is 5. The molecule has 2 aromatic rings. The predicted octanol–water partition coefficient (Wildman–Crippen LogP) is 0.282. The van der Waals surface area contributed by atoms with Crippen LogP contribution in [0, 0.1) is 5.92 Å². The molecule has 1 aliphatic carbocycles. The minimum absolute atomic E-state index is 0.349. The summed E-state index contributed by atoms with van der Waals surface area (Å²) in [5.74, 6) is 1.72. The minimum atomic E-state index is -0.349. The largest absolute Gasteiger partial charge is 0.391 e. The van der Waals surface area contributed by atoms with E-state index < -0.39 is 0 Å². The Balaban J connectivity index is 1.77. The molecule has 0 aliphatic heterocycles. The van der Waals surface area contributed by atoms with Crippen LogP contribution in [0.5, 0.6) is 0 Å². The Morgan fingerprint density at radius 3 is 2.80 bits per heavy atom. The second kappa shape index (κ2) is 5.41. The smallest absolute Gasteiger partial charge is 0.257 e. The molecule has 8 heteroatoms. The Hall–Kier alpha value is -2.22. The van der Waals surface area contributed by atoms with E-state index in [9.17, 15) is 5.11 Å². The molecule has 2 heterocycles. The first-order valence-corrected chi connectivity index (χ1v) is 6.62. The highest BCUT2D eigenvalue weighted by Crippen LogP contribution is 2.32. The zero-order chi connectivity index (χ0) is 13.9. The van der Waals surface area contributed by atoms with Crippen LogP contribution in [0.25, 0.3) is 5.95 Å². The fourth-order valence-corrected chi connectivity index (χ4v) is 1.89. The average molecular weight is 275 g/mol. The molecule has 1 atom stereocenters. The van der Waals surface area contributed by atoms with Crippen molar-refractivity contribution in [3.63, 3.8) is 0 Å². The molecule has 2 aromatic heterocycles. The number of anilines is 2. The summed E-state index contributed by atoms with van der Waals surface area (Å²) >= 11 is 0. The van der Waals surface area contributed by atoms with Gasteiger partial charge in [-0.1, -0.05) is 0 Å². The van der Waals surface area contributed by atoms with E-state index in [0.29, 0.717) is 30.3 Å². The van der Waals surface area contributed by atoms with Gasteiger partial charge in [0.1, 0.15) is 0 Å². The third-order valence-corrected chi connectivity index (χ3v) is 3.19. The van der Waals surface area contributed by atoms with Crippen LogP contribution in [0.2, 0.25) is 0 Å². The molecule has 1 aliphatic rings. The molecular weight excluding hydrogens is 258 g/mol. The van der Waals surface area contributed by atoms with Gasteiger partial charge in [-0.05, 0) is 24.8 Å². The number of hydrogen-bond acceptors (Lipinski definition) is 7. The third-order valence-electron chi connectivity index (χ3n) is 3.19. The lowest BCUT2D eigenvalue weighted by molar-refractivity contribution is 0.164. The van der Waals surface area contributed by atoms with Gasteiger partial charge < -0.3 is 15.7 Å². The topological polar surface area (TPSA) is 101 Å². The van der Waals surface area contributed by atoms with Gasteiger partial charge in [0.05, 0.1) is 6.10 Å². The maximum absolute atomic E-state index is 9.86. The van der Waals surface area contributed by atoms with Gasteiger partial charge in [-0.3, -0.25) is 0 Å². The molecule has 0 amide bonds. The summed E-state index contributed by atoms with van der Waals surface area (Å²) in [5, 5.41) is 19.9. The van der Waals surface area contributed by atoms with Crippen molar-refractivity contribution in [2.45, 2.75) is 18.9 Å². The van der Waals surface area contributed by atoms with Crippen molar-refractivity contribution in [2.75, 3.05) is 24.2 Å². The first kappa shape index (κ1) is 12.8. The van der Waals surface area contributed by atoms with Crippen molar-refractivity contribution in [2.24, 2.45) is 5.92 Å². The van der Waals surface area contributed by atoms with Crippen LogP contribution >= 0.6 is 0 Å². The van der Waals surface area contributed by atoms with Crippen LogP contribution < -0.4 is 10.6 Å². The first-order valence-electron chi connectivity index (χ1n) is 6.62. The van der Waals surface area contributed by atoms with E-state index >= 15 is 0 Å². The van der Waals surface area contributed by atoms with Gasteiger partial charge in [0.15, 0.2) is 0 Å². The van der Waals surface area contributed by atoms with Crippen molar-refractivity contribution >= 4 is 11.9 Å². The maximum atomic E-state index is 9.86. The minimum Gasteiger partial charge on any atom is -0.391 e. The molecule has 0 bridgehead atoms. The molecule has 1 unspecified atom stereocenters. The van der Waals surface area contributed by atoms with Crippen molar-refractivity contribution in [3.05, 3.63) is 18.5 Å². The summed E-state index contributed by atoms with van der Waals surface area (Å²) in [6.45, 7) is 0.441. The van der Waals surface area contributed by atoms with E-state index in [1.54, 1.807) is 30.2 Å². The Morgan fingerprint density at radius 2 is 2.15 bits per heavy atom. The predicted molar refractivity (Wildman–Crippen MR) is 73.7 cm³/mol. The maximum Gasteiger partial charge on any atom is 0.257 e. The van der Waals surface area contributed by atoms with E-state index in [1.165, 1.54) is 0 Å². The summed E-state index contributed by atoms with van der Waals surface area (Å²) in [6.07, 6.45) is 5.27. The Labute approximate surface area is 116 Å². The molecule has 0 radical (unpaired) electrons. The molecular formula is C12H17N7O. The average Bonchev–Trinajstić information content (AvgIpc) is 3.19. The van der Waals surface area contributed by atoms with Crippen LogP contribution in [-0.2, 0) is 0 Å². The normalized spacial score (nSPS) is 15.9. The summed E-state index contributed by atoms with van der Waals surface area (Å²) < 4.78 is 1.56. The van der Waals surface area contributed by atoms with Gasteiger partial charge in [0, 0.05) is 26.0 Å². The van der Waals surface area contributed by atoms with E-state index in [2.05, 4.69) is 30.7 Å². The standard InChI is InChI=1S/C12H17N7O/c1-13-10-16-11(14-7-9(20)8-3-4-8)18-12(17-10)19-6-2-5-15-19/h2,5-6,8-9,20H,3-4,7H2,1H3,(H2,13,14,16,17,18). The van der Waals surface area contributed by atoms with E-state index in [-0.39, 0.29) is 6.10 Å². The van der Waals surface area contributed by atoms with Gasteiger partial charge in [-0.25, -0.2) is 4.68 Å². The molecule has 0 aromatic carbocycles. The quantitative estimate of drug-likeness (QED) is 0.696. The third kappa shape index (κ3) is 2.85. The number of nitrogens with zero attached hydrogens (tertiary/aromatic N) is 5. The Morgan fingerprint density at radius 1 is 1.35 bits per heavy atom.